The Balaban J connectivity index is 1.69. The first-order valence-corrected chi connectivity index (χ1v) is 8.82. The summed E-state index contributed by atoms with van der Waals surface area (Å²) in [6, 6.07) is 15.2. The van der Waals surface area contributed by atoms with E-state index < -0.39 is 5.97 Å². The van der Waals surface area contributed by atoms with Gasteiger partial charge in [0.25, 0.3) is 5.91 Å². The van der Waals surface area contributed by atoms with E-state index in [1.54, 1.807) is 23.1 Å². The molecule has 0 saturated carbocycles. The monoisotopic (exact) mass is 352 g/mol. The van der Waals surface area contributed by atoms with Crippen molar-refractivity contribution in [1.82, 2.24) is 0 Å². The van der Waals surface area contributed by atoms with Crippen LogP contribution >= 0.6 is 0 Å². The van der Waals surface area contributed by atoms with E-state index in [0.717, 1.165) is 29.8 Å². The molecule has 2 aromatic carbocycles. The molecular formula is C21H24N2O3. The maximum atomic E-state index is 12.7. The van der Waals surface area contributed by atoms with Crippen molar-refractivity contribution in [3.8, 4) is 0 Å². The molecule has 3 rings (SSSR count). The molecule has 0 fully saturated rings. The fourth-order valence-electron chi connectivity index (χ4n) is 3.26. The first kappa shape index (κ1) is 18.0. The Morgan fingerprint density at radius 2 is 1.92 bits per heavy atom. The van der Waals surface area contributed by atoms with Gasteiger partial charge in [0.15, 0.2) is 6.61 Å². The number of carbonyl (C=O) groups is 2. The van der Waals surface area contributed by atoms with Crippen LogP contribution in [0.2, 0.25) is 0 Å². The molecule has 0 radical (unpaired) electrons. The quantitative estimate of drug-likeness (QED) is 0.793. The van der Waals surface area contributed by atoms with Gasteiger partial charge in [-0.2, -0.15) is 0 Å². The van der Waals surface area contributed by atoms with Gasteiger partial charge < -0.3 is 14.5 Å². The minimum atomic E-state index is -0.486. The first-order chi connectivity index (χ1) is 12.5. The second kappa shape index (κ2) is 7.60. The van der Waals surface area contributed by atoms with E-state index in [4.69, 9.17) is 4.74 Å². The predicted molar refractivity (Wildman–Crippen MR) is 103 cm³/mol. The largest absolute Gasteiger partial charge is 0.452 e. The van der Waals surface area contributed by atoms with E-state index in [1.807, 2.05) is 56.3 Å². The fourth-order valence-corrected chi connectivity index (χ4v) is 3.26. The maximum absolute atomic E-state index is 12.7. The van der Waals surface area contributed by atoms with Crippen LogP contribution in [0.5, 0.6) is 0 Å². The van der Waals surface area contributed by atoms with Crippen molar-refractivity contribution in [2.75, 3.05) is 30.5 Å². The Kier molecular flexibility index (Phi) is 5.26. The molecular weight excluding hydrogens is 328 g/mol. The molecule has 1 aliphatic rings. The number of carbonyl (C=O) groups excluding carboxylic acids is 2. The average molecular weight is 352 g/mol. The molecule has 0 spiro atoms. The van der Waals surface area contributed by atoms with Crippen molar-refractivity contribution >= 4 is 23.3 Å². The number of fused-ring (bicyclic) bond motifs is 1. The zero-order valence-electron chi connectivity index (χ0n) is 15.4. The Hall–Kier alpha value is -2.82. The van der Waals surface area contributed by atoms with E-state index in [2.05, 4.69) is 0 Å². The van der Waals surface area contributed by atoms with Gasteiger partial charge in [-0.05, 0) is 49.6 Å². The first-order valence-electron chi connectivity index (χ1n) is 8.82. The highest BCUT2D eigenvalue weighted by Crippen LogP contribution is 2.30. The molecule has 5 nitrogen and oxygen atoms in total. The number of anilines is 2. The molecule has 1 heterocycles. The van der Waals surface area contributed by atoms with Crippen LogP contribution in [0, 0.1) is 0 Å². The Morgan fingerprint density at radius 1 is 1.15 bits per heavy atom. The average Bonchev–Trinajstić information content (AvgIpc) is 2.65. The van der Waals surface area contributed by atoms with Gasteiger partial charge in [0, 0.05) is 31.5 Å². The van der Waals surface area contributed by atoms with Gasteiger partial charge >= 0.3 is 5.97 Å². The highest BCUT2D eigenvalue weighted by atomic mass is 16.5. The smallest absolute Gasteiger partial charge is 0.338 e. The molecule has 0 aromatic heterocycles. The highest BCUT2D eigenvalue weighted by Gasteiger charge is 2.28. The van der Waals surface area contributed by atoms with Gasteiger partial charge in [-0.3, -0.25) is 4.79 Å². The number of esters is 1. The normalized spacial score (nSPS) is 16.0. The lowest BCUT2D eigenvalue weighted by Crippen LogP contribution is -2.44. The minimum Gasteiger partial charge on any atom is -0.452 e. The van der Waals surface area contributed by atoms with E-state index in [1.165, 1.54) is 0 Å². The van der Waals surface area contributed by atoms with Crippen molar-refractivity contribution in [2.45, 2.75) is 25.8 Å². The fraction of sp³-hybridized carbons (Fsp3) is 0.333. The van der Waals surface area contributed by atoms with E-state index in [0.29, 0.717) is 5.56 Å². The van der Waals surface area contributed by atoms with Crippen molar-refractivity contribution in [3.05, 3.63) is 59.7 Å². The van der Waals surface area contributed by atoms with Gasteiger partial charge in [0.05, 0.1) is 5.56 Å². The molecule has 136 valence electrons. The van der Waals surface area contributed by atoms with Crippen LogP contribution in [0.3, 0.4) is 0 Å². The number of hydrogen-bond acceptors (Lipinski definition) is 4. The van der Waals surface area contributed by atoms with Crippen LogP contribution in [-0.2, 0) is 16.0 Å². The third kappa shape index (κ3) is 3.72. The number of aryl methyl sites for hydroxylation is 1. The summed E-state index contributed by atoms with van der Waals surface area (Å²) in [6.07, 6.45) is 1.86. The van der Waals surface area contributed by atoms with Gasteiger partial charge in [-0.1, -0.05) is 24.3 Å². The van der Waals surface area contributed by atoms with Gasteiger partial charge in [0.1, 0.15) is 0 Å². The Bertz CT molecular complexity index is 816. The lowest BCUT2D eigenvalue weighted by atomic mass is 9.96. The summed E-state index contributed by atoms with van der Waals surface area (Å²) in [5, 5.41) is 0. The zero-order valence-corrected chi connectivity index (χ0v) is 15.4. The second-order valence-corrected chi connectivity index (χ2v) is 6.80. The van der Waals surface area contributed by atoms with Crippen LogP contribution in [0.25, 0.3) is 0 Å². The number of benzene rings is 2. The number of rotatable bonds is 4. The predicted octanol–water partition coefficient (Wildman–Crippen LogP) is 3.28. The molecule has 1 aliphatic heterocycles. The summed E-state index contributed by atoms with van der Waals surface area (Å²) >= 11 is 0. The van der Waals surface area contributed by atoms with Crippen molar-refractivity contribution in [3.63, 3.8) is 0 Å². The van der Waals surface area contributed by atoms with Crippen LogP contribution in [0.15, 0.2) is 48.5 Å². The summed E-state index contributed by atoms with van der Waals surface area (Å²) in [5.41, 5.74) is 3.42. The Morgan fingerprint density at radius 3 is 2.69 bits per heavy atom. The molecule has 1 unspecified atom stereocenters. The SMILES string of the molecule is CC1CCc2ccccc2N1C(=O)COC(=O)c1cccc(N(C)C)c1. The molecule has 1 atom stereocenters. The van der Waals surface area contributed by atoms with E-state index in [9.17, 15) is 9.59 Å². The number of ether oxygens (including phenoxy) is 1. The molecule has 0 aliphatic carbocycles. The Labute approximate surface area is 154 Å². The van der Waals surface area contributed by atoms with Gasteiger partial charge in [-0.15, -0.1) is 0 Å². The number of nitrogens with zero attached hydrogens (tertiary/aromatic N) is 2. The van der Waals surface area contributed by atoms with Gasteiger partial charge in [-0.25, -0.2) is 4.79 Å². The minimum absolute atomic E-state index is 0.0909. The maximum Gasteiger partial charge on any atom is 0.338 e. The lowest BCUT2D eigenvalue weighted by Gasteiger charge is -2.35. The number of hydrogen-bond donors (Lipinski definition) is 0. The van der Waals surface area contributed by atoms with Crippen LogP contribution in [0.4, 0.5) is 11.4 Å². The summed E-state index contributed by atoms with van der Waals surface area (Å²) in [4.78, 5) is 28.7. The van der Waals surface area contributed by atoms with Crippen LogP contribution in [0.1, 0.15) is 29.3 Å². The molecule has 26 heavy (non-hydrogen) atoms. The van der Waals surface area contributed by atoms with E-state index >= 15 is 0 Å². The zero-order chi connectivity index (χ0) is 18.7. The topological polar surface area (TPSA) is 49.9 Å². The van der Waals surface area contributed by atoms with Crippen LogP contribution < -0.4 is 9.80 Å². The van der Waals surface area contributed by atoms with Crippen molar-refractivity contribution in [1.29, 1.82) is 0 Å². The second-order valence-electron chi connectivity index (χ2n) is 6.80. The number of para-hydroxylation sites is 1. The third-order valence-electron chi connectivity index (χ3n) is 4.72. The summed E-state index contributed by atoms with van der Waals surface area (Å²) in [5.74, 6) is -0.679. The molecule has 5 heteroatoms. The standard InChI is InChI=1S/C21H24N2O3/c1-15-11-12-16-7-4-5-10-19(16)23(15)20(24)14-26-21(25)17-8-6-9-18(13-17)22(2)3/h4-10,13,15H,11-12,14H2,1-3H3. The van der Waals surface area contributed by atoms with Crippen LogP contribution in [-0.4, -0.2) is 38.6 Å². The summed E-state index contributed by atoms with van der Waals surface area (Å²) in [7, 11) is 3.81. The summed E-state index contributed by atoms with van der Waals surface area (Å²) < 4.78 is 5.29. The van der Waals surface area contributed by atoms with E-state index in [-0.39, 0.29) is 18.6 Å². The lowest BCUT2D eigenvalue weighted by molar-refractivity contribution is -0.122. The van der Waals surface area contributed by atoms with Crippen molar-refractivity contribution < 1.29 is 14.3 Å². The molecule has 0 bridgehead atoms. The highest BCUT2D eigenvalue weighted by molar-refractivity contribution is 5.98. The summed E-state index contributed by atoms with van der Waals surface area (Å²) in [6.45, 7) is 1.76. The molecule has 1 amide bonds. The number of amides is 1. The molecule has 0 N–H and O–H groups in total. The molecule has 2 aromatic rings. The third-order valence-corrected chi connectivity index (χ3v) is 4.72. The van der Waals surface area contributed by atoms with Gasteiger partial charge in [0.2, 0.25) is 0 Å². The van der Waals surface area contributed by atoms with Crippen molar-refractivity contribution in [2.24, 2.45) is 0 Å². The molecule has 0 saturated heterocycles.